The van der Waals surface area contributed by atoms with Crippen LogP contribution in [0.1, 0.15) is 25.0 Å². The number of aliphatic hydroxyl groups is 1. The first-order valence-corrected chi connectivity index (χ1v) is 6.72. The van der Waals surface area contributed by atoms with Crippen molar-refractivity contribution in [2.75, 3.05) is 0 Å². The van der Waals surface area contributed by atoms with E-state index < -0.39 is 29.8 Å². The van der Waals surface area contributed by atoms with Crippen LogP contribution in [0, 0.1) is 18.7 Å². The van der Waals surface area contributed by atoms with Gasteiger partial charge >= 0.3 is 6.18 Å². The Hall–Kier alpha value is -1.76. The van der Waals surface area contributed by atoms with Crippen LogP contribution in [0.25, 0.3) is 5.57 Å². The molecule has 0 amide bonds. The van der Waals surface area contributed by atoms with E-state index in [1.807, 2.05) is 0 Å². The highest BCUT2D eigenvalue weighted by Crippen LogP contribution is 2.56. The van der Waals surface area contributed by atoms with Gasteiger partial charge in [-0.05, 0) is 26.0 Å². The molecule has 1 aromatic carbocycles. The van der Waals surface area contributed by atoms with Crippen molar-refractivity contribution in [1.29, 1.82) is 0 Å². The maximum atomic E-state index is 13.6. The largest absolute Gasteiger partial charge is 0.475 e. The van der Waals surface area contributed by atoms with Crippen molar-refractivity contribution in [2.24, 2.45) is 5.92 Å². The molecular formula is C15H14F4O3. The second kappa shape index (κ2) is 4.38. The molecule has 120 valence electrons. The van der Waals surface area contributed by atoms with Gasteiger partial charge in [0.1, 0.15) is 11.6 Å². The minimum Gasteiger partial charge on any atom is -0.475 e. The third-order valence-electron chi connectivity index (χ3n) is 4.49. The zero-order chi connectivity index (χ0) is 16.4. The minimum absolute atomic E-state index is 0.0492. The molecule has 3 atom stereocenters. The highest BCUT2D eigenvalue weighted by Gasteiger charge is 2.63. The number of aliphatic hydroxyl groups excluding tert-OH is 1. The summed E-state index contributed by atoms with van der Waals surface area (Å²) in [4.78, 5) is 0. The number of ether oxygens (including phenoxy) is 2. The molecule has 3 rings (SSSR count). The summed E-state index contributed by atoms with van der Waals surface area (Å²) in [5.41, 5.74) is -1.81. The molecule has 2 heterocycles. The standard InChI is InChI=1S/C15H14F4O3/c1-6-9(16)5-4-8-10-7(2)14(3,15(17,18)19)22-12(10)13(20)21-11(6)8/h4-5,7,13,20H,1-3H3/t7-,13?,14+/m0/s1. The lowest BCUT2D eigenvalue weighted by molar-refractivity contribution is -0.267. The Kier molecular flexibility index (Phi) is 3.01. The Labute approximate surface area is 124 Å². The second-order valence-corrected chi connectivity index (χ2v) is 5.73. The van der Waals surface area contributed by atoms with Crippen molar-refractivity contribution in [3.63, 3.8) is 0 Å². The van der Waals surface area contributed by atoms with Gasteiger partial charge in [-0.3, -0.25) is 0 Å². The van der Waals surface area contributed by atoms with Gasteiger partial charge in [-0.2, -0.15) is 13.2 Å². The van der Waals surface area contributed by atoms with Gasteiger partial charge in [0.15, 0.2) is 5.76 Å². The quantitative estimate of drug-likeness (QED) is 0.744. The molecule has 1 aromatic rings. The van der Waals surface area contributed by atoms with Gasteiger partial charge in [-0.25, -0.2) is 4.39 Å². The van der Waals surface area contributed by atoms with E-state index in [1.54, 1.807) is 0 Å². The van der Waals surface area contributed by atoms with E-state index in [-0.39, 0.29) is 22.6 Å². The highest BCUT2D eigenvalue weighted by atomic mass is 19.4. The van der Waals surface area contributed by atoms with Crippen LogP contribution in [0.4, 0.5) is 17.6 Å². The van der Waals surface area contributed by atoms with E-state index in [1.165, 1.54) is 19.9 Å². The monoisotopic (exact) mass is 318 g/mol. The molecule has 0 spiro atoms. The van der Waals surface area contributed by atoms with Crippen molar-refractivity contribution >= 4 is 5.57 Å². The summed E-state index contributed by atoms with van der Waals surface area (Å²) in [7, 11) is 0. The number of fused-ring (bicyclic) bond motifs is 2. The van der Waals surface area contributed by atoms with Crippen molar-refractivity contribution in [3.05, 3.63) is 34.8 Å². The van der Waals surface area contributed by atoms with E-state index >= 15 is 0 Å². The molecular weight excluding hydrogens is 304 g/mol. The molecule has 22 heavy (non-hydrogen) atoms. The molecule has 2 aliphatic rings. The van der Waals surface area contributed by atoms with Gasteiger partial charge in [0.25, 0.3) is 6.29 Å². The van der Waals surface area contributed by atoms with Crippen LogP contribution in [0.15, 0.2) is 17.9 Å². The zero-order valence-electron chi connectivity index (χ0n) is 12.1. The molecule has 2 aliphatic heterocycles. The molecule has 1 unspecified atom stereocenters. The average Bonchev–Trinajstić information content (AvgIpc) is 2.70. The number of rotatable bonds is 0. The third-order valence-corrected chi connectivity index (χ3v) is 4.49. The summed E-state index contributed by atoms with van der Waals surface area (Å²) in [6, 6.07) is 2.51. The smallest absolute Gasteiger partial charge is 0.428 e. The van der Waals surface area contributed by atoms with Crippen molar-refractivity contribution < 1.29 is 32.1 Å². The van der Waals surface area contributed by atoms with Crippen LogP contribution in [0.3, 0.4) is 0 Å². The Morgan fingerprint density at radius 1 is 1.27 bits per heavy atom. The van der Waals surface area contributed by atoms with E-state index in [9.17, 15) is 22.7 Å². The Bertz CT molecular complexity index is 680. The van der Waals surface area contributed by atoms with E-state index in [0.717, 1.165) is 13.0 Å². The first-order chi connectivity index (χ1) is 10.1. The maximum Gasteiger partial charge on any atom is 0.428 e. The van der Waals surface area contributed by atoms with Crippen LogP contribution in [-0.2, 0) is 4.74 Å². The fourth-order valence-electron chi connectivity index (χ4n) is 2.91. The molecule has 3 nitrogen and oxygen atoms in total. The number of hydrogen-bond acceptors (Lipinski definition) is 3. The molecule has 1 N–H and O–H groups in total. The summed E-state index contributed by atoms with van der Waals surface area (Å²) in [5, 5.41) is 9.96. The van der Waals surface area contributed by atoms with Gasteiger partial charge in [-0.15, -0.1) is 0 Å². The fraction of sp³-hybridized carbons (Fsp3) is 0.467. The molecule has 0 saturated heterocycles. The van der Waals surface area contributed by atoms with E-state index in [4.69, 9.17) is 9.47 Å². The normalized spacial score (nSPS) is 30.5. The van der Waals surface area contributed by atoms with Crippen LogP contribution < -0.4 is 4.74 Å². The predicted molar refractivity (Wildman–Crippen MR) is 69.4 cm³/mol. The third kappa shape index (κ3) is 1.78. The molecule has 0 aromatic heterocycles. The Morgan fingerprint density at radius 3 is 2.50 bits per heavy atom. The summed E-state index contributed by atoms with van der Waals surface area (Å²) in [6.07, 6.45) is -6.31. The van der Waals surface area contributed by atoms with Crippen molar-refractivity contribution in [2.45, 2.75) is 38.8 Å². The minimum atomic E-state index is -4.63. The molecule has 0 fully saturated rings. The number of hydrogen-bond donors (Lipinski definition) is 1. The van der Waals surface area contributed by atoms with E-state index in [0.29, 0.717) is 5.56 Å². The van der Waals surface area contributed by atoms with Crippen molar-refractivity contribution in [3.8, 4) is 5.75 Å². The maximum absolute atomic E-state index is 13.6. The molecule has 0 aliphatic carbocycles. The van der Waals surface area contributed by atoms with Gasteiger partial charge in [0.05, 0.1) is 0 Å². The van der Waals surface area contributed by atoms with E-state index in [2.05, 4.69) is 0 Å². The highest BCUT2D eigenvalue weighted by molar-refractivity contribution is 5.79. The topological polar surface area (TPSA) is 38.7 Å². The van der Waals surface area contributed by atoms with Gasteiger partial charge in [-0.1, -0.05) is 6.92 Å². The van der Waals surface area contributed by atoms with Crippen molar-refractivity contribution in [1.82, 2.24) is 0 Å². The Balaban J connectivity index is 2.19. The fourth-order valence-corrected chi connectivity index (χ4v) is 2.91. The molecule has 7 heteroatoms. The number of alkyl halides is 3. The van der Waals surface area contributed by atoms with Crippen LogP contribution in [0.5, 0.6) is 5.75 Å². The zero-order valence-corrected chi connectivity index (χ0v) is 12.1. The molecule has 0 bridgehead atoms. The first kappa shape index (κ1) is 15.1. The summed E-state index contributed by atoms with van der Waals surface area (Å²) < 4.78 is 63.9. The number of halogens is 4. The summed E-state index contributed by atoms with van der Waals surface area (Å²) >= 11 is 0. The van der Waals surface area contributed by atoms with Crippen LogP contribution >= 0.6 is 0 Å². The van der Waals surface area contributed by atoms with Crippen LogP contribution in [0.2, 0.25) is 0 Å². The first-order valence-electron chi connectivity index (χ1n) is 6.72. The van der Waals surface area contributed by atoms with Gasteiger partial charge < -0.3 is 14.6 Å². The van der Waals surface area contributed by atoms with Gasteiger partial charge in [0, 0.05) is 22.6 Å². The lowest BCUT2D eigenvalue weighted by Crippen LogP contribution is -2.47. The second-order valence-electron chi connectivity index (χ2n) is 5.73. The SMILES string of the molecule is Cc1c(F)ccc2c1OC(O)C1=C2[C@H](C)[C@](C)(C(F)(F)F)O1. The summed E-state index contributed by atoms with van der Waals surface area (Å²) in [6.45, 7) is 3.74. The van der Waals surface area contributed by atoms with Gasteiger partial charge in [0.2, 0.25) is 5.60 Å². The lowest BCUT2D eigenvalue weighted by Gasteiger charge is -2.32. The summed E-state index contributed by atoms with van der Waals surface area (Å²) in [5.74, 6) is -1.83. The average molecular weight is 318 g/mol. The lowest BCUT2D eigenvalue weighted by atomic mass is 9.81. The molecule has 0 saturated carbocycles. The predicted octanol–water partition coefficient (Wildman–Crippen LogP) is 3.54. The number of benzene rings is 1. The molecule has 0 radical (unpaired) electrons. The van der Waals surface area contributed by atoms with Crippen LogP contribution in [-0.4, -0.2) is 23.2 Å². The Morgan fingerprint density at radius 2 is 1.91 bits per heavy atom.